The molecule has 0 aromatic heterocycles. The molecular weight excluding hydrogens is 568 g/mol. The van der Waals surface area contributed by atoms with E-state index in [2.05, 4.69) is 0 Å². The van der Waals surface area contributed by atoms with Crippen LogP contribution < -0.4 is 0 Å². The molecule has 9 nitrogen and oxygen atoms in total. The van der Waals surface area contributed by atoms with Crippen LogP contribution >= 0.6 is 0 Å². The van der Waals surface area contributed by atoms with Crippen LogP contribution in [0.2, 0.25) is 0 Å². The van der Waals surface area contributed by atoms with Crippen LogP contribution in [0.5, 0.6) is 0 Å². The molecule has 0 saturated carbocycles. The van der Waals surface area contributed by atoms with Crippen molar-refractivity contribution >= 4 is 0 Å². The molecule has 2 saturated heterocycles. The molecule has 2 fully saturated rings. The molecule has 0 spiro atoms. The van der Waals surface area contributed by atoms with Gasteiger partial charge in [-0.05, 0) is 55.2 Å². The Kier molecular flexibility index (Phi) is 10.6. The van der Waals surface area contributed by atoms with E-state index in [1.807, 2.05) is 36.4 Å². The second-order valence-electron chi connectivity index (χ2n) is 10.3. The van der Waals surface area contributed by atoms with Crippen LogP contribution in [0.4, 0.5) is 4.39 Å². The number of hydrogen-bond donors (Lipinski definition) is 5. The number of aliphatic hydroxyl groups excluding tert-OH is 5. The predicted octanol–water partition coefficient (Wildman–Crippen LogP) is 1.31. The van der Waals surface area contributed by atoms with Crippen molar-refractivity contribution in [2.75, 3.05) is 0 Å². The molecule has 4 aliphatic rings. The molecule has 1 aromatic rings. The molecule has 40 heavy (non-hydrogen) atoms. The molecule has 0 bridgehead atoms. The van der Waals surface area contributed by atoms with Crippen molar-refractivity contribution in [3.05, 3.63) is 90.4 Å². The fraction of sp³-hybridized carbons (Fsp3) is 0.483. The Morgan fingerprint density at radius 1 is 1.02 bits per heavy atom. The number of benzene rings is 1. The monoisotopic (exact) mass is 604 g/mol. The van der Waals surface area contributed by atoms with Crippen LogP contribution in [0.15, 0.2) is 78.2 Å². The van der Waals surface area contributed by atoms with Gasteiger partial charge in [0.1, 0.15) is 24.1 Å². The summed E-state index contributed by atoms with van der Waals surface area (Å²) in [6.45, 7) is 1.02. The zero-order valence-corrected chi connectivity index (χ0v) is 22.8. The van der Waals surface area contributed by atoms with Gasteiger partial charge in [-0.15, -0.1) is 0 Å². The number of alkyl halides is 1. The van der Waals surface area contributed by atoms with Gasteiger partial charge in [-0.2, -0.15) is 6.61 Å². The van der Waals surface area contributed by atoms with Gasteiger partial charge in [0, 0.05) is 18.0 Å². The first-order valence-corrected chi connectivity index (χ1v) is 13.3. The number of aliphatic hydroxyl groups is 5. The summed E-state index contributed by atoms with van der Waals surface area (Å²) in [5.41, 5.74) is 1.71. The summed E-state index contributed by atoms with van der Waals surface area (Å²) < 4.78 is 30.6. The van der Waals surface area contributed by atoms with Crippen LogP contribution in [-0.2, 0) is 37.4 Å². The fourth-order valence-electron chi connectivity index (χ4n) is 5.43. The maximum absolute atomic E-state index is 13.8. The van der Waals surface area contributed by atoms with Crippen molar-refractivity contribution < 1.29 is 60.9 Å². The van der Waals surface area contributed by atoms with E-state index >= 15 is 0 Å². The summed E-state index contributed by atoms with van der Waals surface area (Å²) in [6, 6.07) is 9.34. The van der Waals surface area contributed by atoms with Crippen molar-refractivity contribution in [1.29, 1.82) is 0 Å². The molecule has 0 amide bonds. The molecule has 2 aliphatic heterocycles. The van der Waals surface area contributed by atoms with Gasteiger partial charge in [-0.25, -0.2) is 4.39 Å². The van der Waals surface area contributed by atoms with Crippen molar-refractivity contribution in [2.45, 2.75) is 81.1 Å². The van der Waals surface area contributed by atoms with Crippen LogP contribution in [0.3, 0.4) is 0 Å². The van der Waals surface area contributed by atoms with E-state index in [4.69, 9.17) is 14.2 Å². The van der Waals surface area contributed by atoms with E-state index < -0.39 is 55.4 Å². The Balaban J connectivity index is 0.00000370. The number of allylic oxidation sites excluding steroid dienone is 5. The molecule has 2 aliphatic carbocycles. The molecule has 1 aromatic carbocycles. The third kappa shape index (κ3) is 6.86. The van der Waals surface area contributed by atoms with Crippen LogP contribution in [0, 0.1) is 12.5 Å². The summed E-state index contributed by atoms with van der Waals surface area (Å²) >= 11 is 0. The summed E-state index contributed by atoms with van der Waals surface area (Å²) in [6.07, 6.45) is 2.45. The number of ether oxygens (including phenoxy) is 3. The third-order valence-corrected chi connectivity index (χ3v) is 7.57. The Labute approximate surface area is 243 Å². The SMILES string of the molecule is OC1O[C@H]([C@H](O)CCc2ccccc2)[C@@H](C2C=CC(O[C@@H]3O[CH-][C@@H](O)[C@H](O)[C@H]3O)=CC2)N1C1=CCC(F)C=C1.[CoH+]. The van der Waals surface area contributed by atoms with Gasteiger partial charge in [0.25, 0.3) is 0 Å². The molecule has 0 radical (unpaired) electrons. The Hall–Kier alpha value is -2.06. The van der Waals surface area contributed by atoms with Gasteiger partial charge in [-0.3, -0.25) is 0 Å². The Morgan fingerprint density at radius 2 is 1.80 bits per heavy atom. The van der Waals surface area contributed by atoms with Gasteiger partial charge in [0.2, 0.25) is 6.41 Å². The van der Waals surface area contributed by atoms with Gasteiger partial charge in [-0.1, -0.05) is 42.5 Å². The van der Waals surface area contributed by atoms with Crippen LogP contribution in [0.25, 0.3) is 0 Å². The van der Waals surface area contributed by atoms with Gasteiger partial charge in [0.15, 0.2) is 6.29 Å². The number of aryl methyl sites for hydroxylation is 1. The summed E-state index contributed by atoms with van der Waals surface area (Å²) in [7, 11) is 0. The van der Waals surface area contributed by atoms with Crippen molar-refractivity contribution in [2.24, 2.45) is 5.92 Å². The van der Waals surface area contributed by atoms with E-state index in [1.54, 1.807) is 29.2 Å². The summed E-state index contributed by atoms with van der Waals surface area (Å²) in [5.74, 6) is 0.191. The quantitative estimate of drug-likeness (QED) is 0.279. The Bertz CT molecular complexity index is 1100. The van der Waals surface area contributed by atoms with Crippen molar-refractivity contribution in [3.63, 3.8) is 0 Å². The summed E-state index contributed by atoms with van der Waals surface area (Å²) in [5, 5.41) is 51.8. The van der Waals surface area contributed by atoms with Gasteiger partial charge < -0.3 is 44.6 Å². The first-order valence-electron chi connectivity index (χ1n) is 13.3. The molecule has 5 N–H and O–H groups in total. The molecule has 221 valence electrons. The average Bonchev–Trinajstić information content (AvgIpc) is 3.30. The average molecular weight is 605 g/mol. The Morgan fingerprint density at radius 3 is 2.48 bits per heavy atom. The molecule has 10 atom stereocenters. The number of halogens is 1. The van der Waals surface area contributed by atoms with E-state index in [0.29, 0.717) is 30.7 Å². The van der Waals surface area contributed by atoms with Gasteiger partial charge >= 0.3 is 16.8 Å². The topological polar surface area (TPSA) is 132 Å². The molecule has 5 rings (SSSR count). The second-order valence-corrected chi connectivity index (χ2v) is 10.3. The second kappa shape index (κ2) is 13.7. The number of rotatable bonds is 8. The predicted molar refractivity (Wildman–Crippen MR) is 139 cm³/mol. The first kappa shape index (κ1) is 30.9. The van der Waals surface area contributed by atoms with E-state index in [9.17, 15) is 29.9 Å². The standard InChI is InChI=1S/C29H35FNO8.Co.H/c30-19-9-11-20(12-10-19)31-24(27(39-29(31)36)22(32)15-6-17-4-2-1-3-5-17)18-7-13-21(14-8-18)38-28-26(35)25(34)23(33)16-37-28;;/h1-5,7,9,11-14,16,18-19,22-29,32-36H,6,8,10,15H2;;/q-1;+1;/t18?,19?,22-,23-,24-,25+,26-,27-,28+,29?;;/m1../s1. The van der Waals surface area contributed by atoms with E-state index in [-0.39, 0.29) is 29.1 Å². The zero-order chi connectivity index (χ0) is 27.5. The minimum absolute atomic E-state index is 0. The minimum atomic E-state index is -1.45. The van der Waals surface area contributed by atoms with Crippen molar-refractivity contribution in [3.8, 4) is 0 Å². The van der Waals surface area contributed by atoms with Crippen molar-refractivity contribution in [1.82, 2.24) is 4.90 Å². The molecule has 3 unspecified atom stereocenters. The van der Waals surface area contributed by atoms with Crippen LogP contribution in [0.1, 0.15) is 24.8 Å². The molecule has 11 heteroatoms. The van der Waals surface area contributed by atoms with Crippen LogP contribution in [-0.4, -0.2) is 85.9 Å². The zero-order valence-electron chi connectivity index (χ0n) is 21.7. The number of hydrogen-bond acceptors (Lipinski definition) is 9. The molecule has 2 heterocycles. The van der Waals surface area contributed by atoms with E-state index in [0.717, 1.165) is 12.2 Å². The van der Waals surface area contributed by atoms with E-state index in [1.165, 1.54) is 6.08 Å². The third-order valence-electron chi connectivity index (χ3n) is 7.57. The van der Waals surface area contributed by atoms with Gasteiger partial charge in [0.05, 0.1) is 18.2 Å². The normalized spacial score (nSPS) is 36.5. The molecular formula is C29H36CoFNO8. The first-order chi connectivity index (χ1) is 18.8. The fourth-order valence-corrected chi connectivity index (χ4v) is 5.43. The number of nitrogens with zero attached hydrogens (tertiary/aromatic N) is 1. The summed E-state index contributed by atoms with van der Waals surface area (Å²) in [4.78, 5) is 1.69. The maximum atomic E-state index is 13.8.